The van der Waals surface area contributed by atoms with Crippen LogP contribution in [0.15, 0.2) is 71.2 Å². The van der Waals surface area contributed by atoms with Crippen molar-refractivity contribution < 1.29 is 19.0 Å². The van der Waals surface area contributed by atoms with Crippen molar-refractivity contribution in [2.24, 2.45) is 0 Å². The summed E-state index contributed by atoms with van der Waals surface area (Å²) < 4.78 is 17.0. The molecule has 3 aromatic rings. The number of carbonyl (C=O) groups excluding carboxylic acids is 1. The molecule has 0 aliphatic heterocycles. The molecule has 0 fully saturated rings. The van der Waals surface area contributed by atoms with E-state index in [-0.39, 0.29) is 5.91 Å². The van der Waals surface area contributed by atoms with Crippen LogP contribution >= 0.6 is 15.9 Å². The fourth-order valence-corrected chi connectivity index (χ4v) is 3.02. The van der Waals surface area contributed by atoms with E-state index >= 15 is 0 Å². The van der Waals surface area contributed by atoms with Crippen molar-refractivity contribution in [1.29, 1.82) is 0 Å². The molecule has 28 heavy (non-hydrogen) atoms. The number of hydrogen-bond acceptors (Lipinski definition) is 4. The van der Waals surface area contributed by atoms with Gasteiger partial charge in [0.2, 0.25) is 0 Å². The van der Waals surface area contributed by atoms with Crippen molar-refractivity contribution in [3.8, 4) is 23.0 Å². The standard InChI is InChI=1S/C22H20BrNO4/c1-26-17-11-12-19(23)18(13-17)22(25)24-14-15-7-9-16(10-8-15)28-21-6-4-3-5-20(21)27-2/h3-13H,14H2,1-2H3,(H,24,25). The fourth-order valence-electron chi connectivity index (χ4n) is 2.59. The zero-order chi connectivity index (χ0) is 19.9. The summed E-state index contributed by atoms with van der Waals surface area (Å²) in [5.74, 6) is 2.46. The molecule has 0 saturated carbocycles. The van der Waals surface area contributed by atoms with Gasteiger partial charge in [0.05, 0.1) is 19.8 Å². The van der Waals surface area contributed by atoms with E-state index in [1.165, 1.54) is 0 Å². The molecule has 144 valence electrons. The number of para-hydroxylation sites is 2. The van der Waals surface area contributed by atoms with Gasteiger partial charge in [-0.05, 0) is 64.0 Å². The lowest BCUT2D eigenvalue weighted by molar-refractivity contribution is 0.0950. The Balaban J connectivity index is 1.62. The zero-order valence-corrected chi connectivity index (χ0v) is 17.2. The predicted molar refractivity (Wildman–Crippen MR) is 111 cm³/mol. The van der Waals surface area contributed by atoms with E-state index in [2.05, 4.69) is 21.2 Å². The van der Waals surface area contributed by atoms with Gasteiger partial charge in [0.25, 0.3) is 5.91 Å². The molecule has 0 atom stereocenters. The highest BCUT2D eigenvalue weighted by molar-refractivity contribution is 9.10. The van der Waals surface area contributed by atoms with Crippen LogP contribution in [-0.2, 0) is 6.54 Å². The van der Waals surface area contributed by atoms with Crippen LogP contribution in [0.1, 0.15) is 15.9 Å². The number of hydrogen-bond donors (Lipinski definition) is 1. The highest BCUT2D eigenvalue weighted by Gasteiger charge is 2.11. The third-order valence-electron chi connectivity index (χ3n) is 4.09. The maximum atomic E-state index is 12.5. The Morgan fingerprint density at radius 1 is 0.893 bits per heavy atom. The van der Waals surface area contributed by atoms with Crippen molar-refractivity contribution in [2.45, 2.75) is 6.54 Å². The molecule has 5 nitrogen and oxygen atoms in total. The first kappa shape index (κ1) is 19.8. The van der Waals surface area contributed by atoms with Crippen molar-refractivity contribution in [1.82, 2.24) is 5.32 Å². The lowest BCUT2D eigenvalue weighted by Crippen LogP contribution is -2.23. The zero-order valence-electron chi connectivity index (χ0n) is 15.6. The topological polar surface area (TPSA) is 56.8 Å². The highest BCUT2D eigenvalue weighted by Crippen LogP contribution is 2.31. The Kier molecular flexibility index (Phi) is 6.55. The van der Waals surface area contributed by atoms with Crippen LogP contribution in [0.2, 0.25) is 0 Å². The van der Waals surface area contributed by atoms with Gasteiger partial charge in [-0.2, -0.15) is 0 Å². The Morgan fingerprint density at radius 3 is 2.25 bits per heavy atom. The van der Waals surface area contributed by atoms with Crippen molar-refractivity contribution >= 4 is 21.8 Å². The van der Waals surface area contributed by atoms with Gasteiger partial charge >= 0.3 is 0 Å². The highest BCUT2D eigenvalue weighted by atomic mass is 79.9. The maximum absolute atomic E-state index is 12.5. The molecular formula is C22H20BrNO4. The Morgan fingerprint density at radius 2 is 1.57 bits per heavy atom. The SMILES string of the molecule is COc1ccc(Br)c(C(=O)NCc2ccc(Oc3ccccc3OC)cc2)c1. The van der Waals surface area contributed by atoms with E-state index in [9.17, 15) is 4.79 Å². The van der Waals surface area contributed by atoms with Gasteiger partial charge in [-0.1, -0.05) is 24.3 Å². The second-order valence-electron chi connectivity index (χ2n) is 5.93. The summed E-state index contributed by atoms with van der Waals surface area (Å²) in [5, 5.41) is 2.91. The summed E-state index contributed by atoms with van der Waals surface area (Å²) in [5.41, 5.74) is 1.48. The molecule has 6 heteroatoms. The van der Waals surface area contributed by atoms with Crippen LogP contribution in [0.25, 0.3) is 0 Å². The van der Waals surface area contributed by atoms with E-state index < -0.39 is 0 Å². The van der Waals surface area contributed by atoms with Gasteiger partial charge in [-0.25, -0.2) is 0 Å². The molecule has 3 rings (SSSR count). The van der Waals surface area contributed by atoms with E-state index in [1.807, 2.05) is 48.5 Å². The minimum Gasteiger partial charge on any atom is -0.497 e. The van der Waals surface area contributed by atoms with E-state index in [0.717, 1.165) is 5.56 Å². The number of carbonyl (C=O) groups is 1. The van der Waals surface area contributed by atoms with E-state index in [0.29, 0.717) is 39.6 Å². The molecule has 3 aromatic carbocycles. The first-order chi connectivity index (χ1) is 13.6. The van der Waals surface area contributed by atoms with Gasteiger partial charge in [-0.3, -0.25) is 4.79 Å². The molecular weight excluding hydrogens is 422 g/mol. The van der Waals surface area contributed by atoms with Crippen molar-refractivity contribution in [3.05, 3.63) is 82.3 Å². The summed E-state index contributed by atoms with van der Waals surface area (Å²) in [6, 6.07) is 20.3. The van der Waals surface area contributed by atoms with Crippen LogP contribution < -0.4 is 19.5 Å². The first-order valence-electron chi connectivity index (χ1n) is 8.62. The Bertz CT molecular complexity index is 957. The number of halogens is 1. The van der Waals surface area contributed by atoms with Gasteiger partial charge < -0.3 is 19.5 Å². The van der Waals surface area contributed by atoms with Crippen LogP contribution in [0.5, 0.6) is 23.0 Å². The summed E-state index contributed by atoms with van der Waals surface area (Å²) in [4.78, 5) is 12.5. The molecule has 0 unspecified atom stereocenters. The molecule has 0 saturated heterocycles. The molecule has 0 radical (unpaired) electrons. The van der Waals surface area contributed by atoms with Crippen molar-refractivity contribution in [3.63, 3.8) is 0 Å². The summed E-state index contributed by atoms with van der Waals surface area (Å²) in [6.07, 6.45) is 0. The molecule has 0 aliphatic rings. The minimum absolute atomic E-state index is 0.180. The molecule has 0 aliphatic carbocycles. The second kappa shape index (κ2) is 9.28. The van der Waals surface area contributed by atoms with Crippen molar-refractivity contribution in [2.75, 3.05) is 14.2 Å². The van der Waals surface area contributed by atoms with Gasteiger partial charge in [0.15, 0.2) is 11.5 Å². The third-order valence-corrected chi connectivity index (χ3v) is 4.78. The quantitative estimate of drug-likeness (QED) is 0.547. The van der Waals surface area contributed by atoms with Crippen LogP contribution in [0.4, 0.5) is 0 Å². The van der Waals surface area contributed by atoms with Crippen LogP contribution in [0.3, 0.4) is 0 Å². The molecule has 0 aromatic heterocycles. The van der Waals surface area contributed by atoms with E-state index in [1.54, 1.807) is 32.4 Å². The lowest BCUT2D eigenvalue weighted by atomic mass is 10.2. The second-order valence-corrected chi connectivity index (χ2v) is 6.78. The monoisotopic (exact) mass is 441 g/mol. The van der Waals surface area contributed by atoms with E-state index in [4.69, 9.17) is 14.2 Å². The summed E-state index contributed by atoms with van der Waals surface area (Å²) in [7, 11) is 3.17. The van der Waals surface area contributed by atoms with Gasteiger partial charge in [0.1, 0.15) is 11.5 Å². The third kappa shape index (κ3) is 4.84. The Hall–Kier alpha value is -2.99. The van der Waals surface area contributed by atoms with Crippen LogP contribution in [0, 0.1) is 0 Å². The number of rotatable bonds is 7. The lowest BCUT2D eigenvalue weighted by Gasteiger charge is -2.11. The molecule has 0 spiro atoms. The number of amides is 1. The molecule has 0 bridgehead atoms. The van der Waals surface area contributed by atoms with Gasteiger partial charge in [-0.15, -0.1) is 0 Å². The summed E-state index contributed by atoms with van der Waals surface area (Å²) >= 11 is 3.40. The fraction of sp³-hybridized carbons (Fsp3) is 0.136. The molecule has 0 heterocycles. The predicted octanol–water partition coefficient (Wildman–Crippen LogP) is 5.19. The summed E-state index contributed by atoms with van der Waals surface area (Å²) in [6.45, 7) is 0.400. The maximum Gasteiger partial charge on any atom is 0.252 e. The number of ether oxygens (including phenoxy) is 3. The minimum atomic E-state index is -0.180. The molecule has 1 N–H and O–H groups in total. The number of nitrogens with one attached hydrogen (secondary N) is 1. The number of methoxy groups -OCH3 is 2. The smallest absolute Gasteiger partial charge is 0.252 e. The normalized spacial score (nSPS) is 10.2. The number of benzene rings is 3. The first-order valence-corrected chi connectivity index (χ1v) is 9.41. The average molecular weight is 442 g/mol. The average Bonchev–Trinajstić information content (AvgIpc) is 2.73. The largest absolute Gasteiger partial charge is 0.497 e. The van der Waals surface area contributed by atoms with Gasteiger partial charge in [0, 0.05) is 11.0 Å². The molecule has 1 amide bonds. The van der Waals surface area contributed by atoms with Crippen LogP contribution in [-0.4, -0.2) is 20.1 Å². The Labute approximate surface area is 172 Å².